The topological polar surface area (TPSA) is 66.6 Å². The first-order chi connectivity index (χ1) is 7.69. The van der Waals surface area contributed by atoms with E-state index in [-0.39, 0.29) is 21.2 Å². The molecule has 2 N–H and O–H groups in total. The van der Waals surface area contributed by atoms with Crippen LogP contribution in [0.2, 0.25) is 10.3 Å². The lowest BCUT2D eigenvalue weighted by molar-refractivity contribution is 0.185. The second kappa shape index (κ2) is 4.98. The molecule has 0 aliphatic rings. The average Bonchev–Trinajstić information content (AvgIpc) is 2.10. The van der Waals surface area contributed by atoms with Gasteiger partial charge in [-0.05, 0) is 20.8 Å². The third kappa shape index (κ3) is 4.28. The van der Waals surface area contributed by atoms with Crippen LogP contribution in [0.15, 0.2) is 17.1 Å². The van der Waals surface area contributed by atoms with Crippen molar-refractivity contribution in [3.8, 4) is 0 Å². The van der Waals surface area contributed by atoms with Gasteiger partial charge in [0.2, 0.25) is 0 Å². The van der Waals surface area contributed by atoms with Gasteiger partial charge in [-0.2, -0.15) is 9.72 Å². The molecule has 0 saturated carbocycles. The zero-order valence-electron chi connectivity index (χ0n) is 9.66. The van der Waals surface area contributed by atoms with E-state index in [0.717, 1.165) is 0 Å². The number of hydrogen-bond acceptors (Lipinski definition) is 2. The molecule has 5 nitrogen and oxygen atoms in total. The van der Waals surface area contributed by atoms with Crippen LogP contribution in [0.5, 0.6) is 0 Å². The summed E-state index contributed by atoms with van der Waals surface area (Å²) in [5.74, 6) is 0. The quantitative estimate of drug-likeness (QED) is 0.565. The maximum Gasteiger partial charge on any atom is 0.341 e. The summed E-state index contributed by atoms with van der Waals surface area (Å²) in [6, 6.07) is 2.16. The fourth-order valence-corrected chi connectivity index (χ4v) is 1.49. The number of hydrogen-bond donors (Lipinski definition) is 2. The molecule has 1 aromatic rings. The molecule has 1 aromatic heterocycles. The fourth-order valence-electron chi connectivity index (χ4n) is 1.04. The third-order valence-corrected chi connectivity index (χ3v) is 2.19. The first-order valence-electron chi connectivity index (χ1n) is 4.83. The molecule has 0 saturated heterocycles. The Hall–Kier alpha value is -1.20. The van der Waals surface area contributed by atoms with Crippen LogP contribution in [-0.4, -0.2) is 21.5 Å². The van der Waals surface area contributed by atoms with Crippen molar-refractivity contribution in [2.24, 2.45) is 4.99 Å². The number of amides is 2. The van der Waals surface area contributed by atoms with Gasteiger partial charge in [0.15, 0.2) is 0 Å². The van der Waals surface area contributed by atoms with Gasteiger partial charge in [-0.3, -0.25) is 0 Å². The maximum atomic E-state index is 11.5. The van der Waals surface area contributed by atoms with Crippen LogP contribution in [0.1, 0.15) is 20.8 Å². The second-order valence-electron chi connectivity index (χ2n) is 4.46. The molecule has 1 heterocycles. The lowest BCUT2D eigenvalue weighted by atomic mass is 10.1. The molecule has 0 spiro atoms. The number of nitrogens with one attached hydrogen (secondary N) is 1. The van der Waals surface area contributed by atoms with E-state index >= 15 is 0 Å². The molecule has 1 rings (SSSR count). The van der Waals surface area contributed by atoms with Gasteiger partial charge < -0.3 is 10.5 Å². The van der Waals surface area contributed by atoms with Crippen molar-refractivity contribution in [3.63, 3.8) is 0 Å². The van der Waals surface area contributed by atoms with Crippen molar-refractivity contribution >= 4 is 29.2 Å². The van der Waals surface area contributed by atoms with E-state index in [2.05, 4.69) is 10.3 Å². The molecule has 0 fully saturated rings. The van der Waals surface area contributed by atoms with Crippen LogP contribution >= 0.6 is 23.2 Å². The Labute approximate surface area is 109 Å². The molecular weight excluding hydrogens is 265 g/mol. The van der Waals surface area contributed by atoms with Crippen molar-refractivity contribution in [2.75, 3.05) is 0 Å². The average molecular weight is 278 g/mol. The van der Waals surface area contributed by atoms with Crippen LogP contribution < -0.4 is 10.7 Å². The molecule has 94 valence electrons. The van der Waals surface area contributed by atoms with Gasteiger partial charge in [0, 0.05) is 17.7 Å². The first-order valence-corrected chi connectivity index (χ1v) is 5.59. The number of nitrogens with zero attached hydrogens (tertiary/aromatic N) is 2. The first kappa shape index (κ1) is 13.9. The van der Waals surface area contributed by atoms with Gasteiger partial charge in [-0.25, -0.2) is 4.79 Å². The highest BCUT2D eigenvalue weighted by Gasteiger charge is 2.12. The largest absolute Gasteiger partial charge is 0.426 e. The Morgan fingerprint density at radius 3 is 2.24 bits per heavy atom. The predicted octanol–water partition coefficient (Wildman–Crippen LogP) is 2.44. The van der Waals surface area contributed by atoms with E-state index in [9.17, 15) is 10.0 Å². The summed E-state index contributed by atoms with van der Waals surface area (Å²) in [6.07, 6.45) is 0. The Kier molecular flexibility index (Phi) is 4.06. The predicted molar refractivity (Wildman–Crippen MR) is 65.5 cm³/mol. The number of pyridine rings is 1. The van der Waals surface area contributed by atoms with Crippen LogP contribution in [0.3, 0.4) is 0 Å². The lowest BCUT2D eigenvalue weighted by Crippen LogP contribution is -2.39. The number of carbonyl (C=O) groups excluding carboxylic acids is 1. The Morgan fingerprint density at radius 2 is 1.82 bits per heavy atom. The summed E-state index contributed by atoms with van der Waals surface area (Å²) in [7, 11) is 0. The molecule has 0 aliphatic carbocycles. The van der Waals surface area contributed by atoms with Gasteiger partial charge >= 0.3 is 6.03 Å². The third-order valence-electron chi connectivity index (χ3n) is 1.65. The Bertz CT molecular complexity index is 477. The zero-order chi connectivity index (χ0) is 13.2. The summed E-state index contributed by atoms with van der Waals surface area (Å²) in [5, 5.41) is 12.1. The Balaban J connectivity index is 3.05. The standard InChI is InChI=1S/C10H13Cl2N3O2/c1-10(2,3)14-9(16)13-6-4-7(11)15(17)8(12)5-6/h4-5,17H,1-3H3,(H,14,16). The van der Waals surface area contributed by atoms with E-state index in [1.165, 1.54) is 12.1 Å². The fraction of sp³-hybridized carbons (Fsp3) is 0.400. The van der Waals surface area contributed by atoms with Crippen molar-refractivity contribution in [1.82, 2.24) is 10.0 Å². The monoisotopic (exact) mass is 277 g/mol. The number of aromatic nitrogens is 1. The van der Waals surface area contributed by atoms with Gasteiger partial charge in [-0.1, -0.05) is 23.2 Å². The van der Waals surface area contributed by atoms with Crippen molar-refractivity contribution in [1.29, 1.82) is 0 Å². The highest BCUT2D eigenvalue weighted by Crippen LogP contribution is 2.10. The molecule has 0 unspecified atom stereocenters. The number of halogens is 2. The van der Waals surface area contributed by atoms with Crippen molar-refractivity contribution in [3.05, 3.63) is 27.8 Å². The van der Waals surface area contributed by atoms with Crippen LogP contribution in [0, 0.1) is 0 Å². The second-order valence-corrected chi connectivity index (χ2v) is 5.24. The minimum atomic E-state index is -0.500. The normalized spacial score (nSPS) is 11.1. The summed E-state index contributed by atoms with van der Waals surface area (Å²) < 4.78 is 0.587. The number of urea groups is 1. The minimum Gasteiger partial charge on any atom is -0.426 e. The molecule has 7 heteroatoms. The van der Waals surface area contributed by atoms with Crippen LogP contribution in [-0.2, 0) is 0 Å². The number of carbonyl (C=O) groups is 1. The SMILES string of the molecule is CC(C)(C)NC(=O)N=c1cc(Cl)n(O)c(Cl)c1. The van der Waals surface area contributed by atoms with E-state index in [4.69, 9.17) is 23.2 Å². The summed E-state index contributed by atoms with van der Waals surface area (Å²) >= 11 is 11.3. The summed E-state index contributed by atoms with van der Waals surface area (Å²) in [6.45, 7) is 5.52. The van der Waals surface area contributed by atoms with Gasteiger partial charge in [0.25, 0.3) is 0 Å². The maximum absolute atomic E-state index is 11.5. The lowest BCUT2D eigenvalue weighted by Gasteiger charge is -2.18. The molecule has 0 aromatic carbocycles. The molecule has 0 aliphatic heterocycles. The van der Waals surface area contributed by atoms with Gasteiger partial charge in [0.05, 0.1) is 5.36 Å². The van der Waals surface area contributed by atoms with Gasteiger partial charge in [0.1, 0.15) is 10.3 Å². The molecule has 0 bridgehead atoms. The molecular formula is C10H13Cl2N3O2. The summed E-state index contributed by atoms with van der Waals surface area (Å²) in [4.78, 5) is 15.3. The minimum absolute atomic E-state index is 0.0280. The molecule has 2 amide bonds. The summed E-state index contributed by atoms with van der Waals surface area (Å²) in [5.41, 5.74) is -0.375. The molecule has 17 heavy (non-hydrogen) atoms. The smallest absolute Gasteiger partial charge is 0.341 e. The van der Waals surface area contributed by atoms with E-state index in [0.29, 0.717) is 4.73 Å². The van der Waals surface area contributed by atoms with E-state index in [1.54, 1.807) is 0 Å². The van der Waals surface area contributed by atoms with Crippen molar-refractivity contribution < 1.29 is 10.0 Å². The zero-order valence-corrected chi connectivity index (χ0v) is 11.2. The van der Waals surface area contributed by atoms with Crippen LogP contribution in [0.25, 0.3) is 0 Å². The van der Waals surface area contributed by atoms with E-state index < -0.39 is 6.03 Å². The highest BCUT2D eigenvalue weighted by molar-refractivity contribution is 6.32. The molecule has 0 atom stereocenters. The van der Waals surface area contributed by atoms with E-state index in [1.807, 2.05) is 20.8 Å². The van der Waals surface area contributed by atoms with Gasteiger partial charge in [-0.15, -0.1) is 0 Å². The van der Waals surface area contributed by atoms with Crippen molar-refractivity contribution in [2.45, 2.75) is 26.3 Å². The Morgan fingerprint density at radius 1 is 1.35 bits per heavy atom. The van der Waals surface area contributed by atoms with Crippen LogP contribution in [0.4, 0.5) is 4.79 Å². The highest BCUT2D eigenvalue weighted by atomic mass is 35.5. The number of rotatable bonds is 0. The molecule has 0 radical (unpaired) electrons.